The van der Waals surface area contributed by atoms with Gasteiger partial charge in [-0.05, 0) is 17.7 Å². The van der Waals surface area contributed by atoms with Crippen molar-refractivity contribution in [3.63, 3.8) is 0 Å². The summed E-state index contributed by atoms with van der Waals surface area (Å²) in [6.45, 7) is 1.37. The van der Waals surface area contributed by atoms with Crippen LogP contribution in [0.15, 0.2) is 29.4 Å². The quantitative estimate of drug-likeness (QED) is 0.642. The van der Waals surface area contributed by atoms with Gasteiger partial charge in [-0.3, -0.25) is 9.59 Å². The smallest absolute Gasteiger partial charge is 0.247 e. The van der Waals surface area contributed by atoms with Gasteiger partial charge in [-0.15, -0.1) is 10.2 Å². The number of hydrazone groups is 1. The minimum Gasteiger partial charge on any atom is -0.301 e. The molecule has 0 aliphatic carbocycles. The maximum Gasteiger partial charge on any atom is 0.247 e. The van der Waals surface area contributed by atoms with Gasteiger partial charge in [-0.2, -0.15) is 5.10 Å². The Hall–Kier alpha value is -2.32. The Kier molecular flexibility index (Phi) is 5.56. The number of carbonyl (C=O) groups is 2. The minimum absolute atomic E-state index is 0.0369. The zero-order valence-corrected chi connectivity index (χ0v) is 13.1. The molecule has 114 valence electrons. The van der Waals surface area contributed by atoms with Crippen LogP contribution >= 0.6 is 22.9 Å². The van der Waals surface area contributed by atoms with E-state index in [-0.39, 0.29) is 18.2 Å². The van der Waals surface area contributed by atoms with Crippen molar-refractivity contribution in [3.05, 3.63) is 39.9 Å². The van der Waals surface area contributed by atoms with Crippen molar-refractivity contribution < 1.29 is 9.59 Å². The molecule has 2 aromatic rings. The molecule has 0 spiro atoms. The number of nitrogens with zero attached hydrogens (tertiary/aromatic N) is 3. The van der Waals surface area contributed by atoms with Gasteiger partial charge in [0.25, 0.3) is 0 Å². The average molecular weight is 338 g/mol. The van der Waals surface area contributed by atoms with Crippen molar-refractivity contribution in [1.29, 1.82) is 0 Å². The summed E-state index contributed by atoms with van der Waals surface area (Å²) in [6, 6.07) is 7.02. The highest BCUT2D eigenvalue weighted by Crippen LogP contribution is 2.15. The van der Waals surface area contributed by atoms with E-state index in [1.807, 2.05) is 0 Å². The molecular weight excluding hydrogens is 326 g/mol. The lowest BCUT2D eigenvalue weighted by Gasteiger charge is -1.96. The number of aromatic nitrogens is 2. The van der Waals surface area contributed by atoms with E-state index in [0.717, 1.165) is 16.9 Å². The van der Waals surface area contributed by atoms with Gasteiger partial charge in [0.1, 0.15) is 5.01 Å². The third-order valence-corrected chi connectivity index (χ3v) is 3.43. The first-order valence-electron chi connectivity index (χ1n) is 6.20. The second-order valence-corrected chi connectivity index (χ2v) is 5.70. The molecule has 1 aromatic heterocycles. The van der Waals surface area contributed by atoms with Crippen LogP contribution in [-0.4, -0.2) is 28.2 Å². The summed E-state index contributed by atoms with van der Waals surface area (Å²) in [5.74, 6) is -0.560. The average Bonchev–Trinajstić information content (AvgIpc) is 2.87. The lowest BCUT2D eigenvalue weighted by molar-refractivity contribution is -0.120. The fourth-order valence-electron chi connectivity index (χ4n) is 1.43. The summed E-state index contributed by atoms with van der Waals surface area (Å²) in [5, 5.41) is 15.4. The molecule has 0 aliphatic heterocycles. The molecule has 0 atom stereocenters. The summed E-state index contributed by atoms with van der Waals surface area (Å²) in [6.07, 6.45) is 1.55. The topological polar surface area (TPSA) is 96.3 Å². The second-order valence-electron chi connectivity index (χ2n) is 4.20. The third kappa shape index (κ3) is 5.23. The number of hydrogen-bond acceptors (Lipinski definition) is 6. The van der Waals surface area contributed by atoms with E-state index >= 15 is 0 Å². The van der Waals surface area contributed by atoms with Crippen LogP contribution in [0.2, 0.25) is 5.02 Å². The van der Waals surface area contributed by atoms with Crippen molar-refractivity contribution >= 4 is 46.1 Å². The van der Waals surface area contributed by atoms with Crippen molar-refractivity contribution in [2.45, 2.75) is 13.3 Å². The molecule has 9 heteroatoms. The summed E-state index contributed by atoms with van der Waals surface area (Å²) < 4.78 is 0. The Morgan fingerprint density at radius 2 is 2.05 bits per heavy atom. The molecule has 0 bridgehead atoms. The van der Waals surface area contributed by atoms with Crippen LogP contribution in [0.3, 0.4) is 0 Å². The van der Waals surface area contributed by atoms with E-state index in [1.54, 1.807) is 24.3 Å². The van der Waals surface area contributed by atoms with Gasteiger partial charge in [-0.1, -0.05) is 35.1 Å². The fraction of sp³-hybridized carbons (Fsp3) is 0.154. The number of halogens is 1. The Morgan fingerprint density at radius 3 is 2.73 bits per heavy atom. The monoisotopic (exact) mass is 337 g/mol. The van der Waals surface area contributed by atoms with Gasteiger partial charge in [0.15, 0.2) is 0 Å². The highest BCUT2D eigenvalue weighted by molar-refractivity contribution is 7.15. The Bertz CT molecular complexity index is 699. The van der Waals surface area contributed by atoms with Crippen LogP contribution in [0, 0.1) is 0 Å². The first-order chi connectivity index (χ1) is 10.5. The molecule has 0 radical (unpaired) electrons. The first kappa shape index (κ1) is 16.1. The summed E-state index contributed by atoms with van der Waals surface area (Å²) in [4.78, 5) is 22.6. The van der Waals surface area contributed by atoms with E-state index in [4.69, 9.17) is 11.6 Å². The summed E-state index contributed by atoms with van der Waals surface area (Å²) >= 11 is 6.91. The van der Waals surface area contributed by atoms with Crippen LogP contribution in [-0.2, 0) is 16.0 Å². The van der Waals surface area contributed by atoms with Crippen molar-refractivity contribution in [1.82, 2.24) is 15.6 Å². The molecule has 2 rings (SSSR count). The molecular formula is C13H12ClN5O2S. The van der Waals surface area contributed by atoms with Gasteiger partial charge in [0, 0.05) is 11.9 Å². The Morgan fingerprint density at radius 1 is 1.32 bits per heavy atom. The first-order valence-corrected chi connectivity index (χ1v) is 7.40. The maximum absolute atomic E-state index is 11.7. The molecule has 0 unspecified atom stereocenters. The van der Waals surface area contributed by atoms with E-state index in [9.17, 15) is 9.59 Å². The minimum atomic E-state index is -0.323. The predicted molar refractivity (Wildman–Crippen MR) is 85.1 cm³/mol. The normalized spacial score (nSPS) is 10.6. The lowest BCUT2D eigenvalue weighted by atomic mass is 10.2. The maximum atomic E-state index is 11.7. The highest BCUT2D eigenvalue weighted by atomic mass is 35.5. The van der Waals surface area contributed by atoms with Crippen LogP contribution in [0.5, 0.6) is 0 Å². The fourth-order valence-corrected chi connectivity index (χ4v) is 2.34. The number of rotatable bonds is 5. The number of nitrogens with one attached hydrogen (secondary N) is 2. The number of carbonyl (C=O) groups excluding carboxylic acids is 2. The lowest BCUT2D eigenvalue weighted by Crippen LogP contribution is -2.19. The molecule has 1 heterocycles. The summed E-state index contributed by atoms with van der Waals surface area (Å²) in [5.41, 5.74) is 3.21. The molecule has 7 nitrogen and oxygen atoms in total. The Balaban J connectivity index is 1.83. The zero-order chi connectivity index (χ0) is 15.9. The molecule has 22 heavy (non-hydrogen) atoms. The zero-order valence-electron chi connectivity index (χ0n) is 11.5. The van der Waals surface area contributed by atoms with Gasteiger partial charge in [0.2, 0.25) is 16.9 Å². The predicted octanol–water partition coefficient (Wildman–Crippen LogP) is 1.84. The molecule has 0 saturated carbocycles. The molecule has 2 N–H and O–H groups in total. The van der Waals surface area contributed by atoms with Gasteiger partial charge >= 0.3 is 0 Å². The molecule has 0 saturated heterocycles. The third-order valence-electron chi connectivity index (χ3n) is 2.33. The van der Waals surface area contributed by atoms with Gasteiger partial charge in [-0.25, -0.2) is 5.43 Å². The molecule has 2 amide bonds. The van der Waals surface area contributed by atoms with E-state index in [2.05, 4.69) is 26.0 Å². The Labute approximate surface area is 135 Å². The second kappa shape index (κ2) is 7.62. The van der Waals surface area contributed by atoms with E-state index < -0.39 is 0 Å². The number of hydrogen-bond donors (Lipinski definition) is 2. The standard InChI is InChI=1S/C13H12ClN5O2S/c1-8(20)16-13-19-18-12(22-13)6-11(21)17-15-7-9-2-4-10(14)5-3-9/h2-5,7H,6H2,1H3,(H,17,21)(H,16,19,20)/b15-7-. The van der Waals surface area contributed by atoms with Crippen LogP contribution < -0.4 is 10.7 Å². The largest absolute Gasteiger partial charge is 0.301 e. The molecule has 0 aliphatic rings. The summed E-state index contributed by atoms with van der Waals surface area (Å²) in [7, 11) is 0. The number of anilines is 1. The van der Waals surface area contributed by atoms with Gasteiger partial charge in [0.05, 0.1) is 12.6 Å². The van der Waals surface area contributed by atoms with Crippen molar-refractivity contribution in [2.24, 2.45) is 5.10 Å². The van der Waals surface area contributed by atoms with Crippen molar-refractivity contribution in [2.75, 3.05) is 5.32 Å². The number of benzene rings is 1. The van der Waals surface area contributed by atoms with Gasteiger partial charge < -0.3 is 5.32 Å². The SMILES string of the molecule is CC(=O)Nc1nnc(CC(=O)N/N=C\c2ccc(Cl)cc2)s1. The molecule has 1 aromatic carbocycles. The molecule has 0 fully saturated rings. The number of amides is 2. The van der Waals surface area contributed by atoms with Crippen LogP contribution in [0.4, 0.5) is 5.13 Å². The van der Waals surface area contributed by atoms with Crippen LogP contribution in [0.25, 0.3) is 0 Å². The van der Waals surface area contributed by atoms with Crippen molar-refractivity contribution in [3.8, 4) is 0 Å². The van der Waals surface area contributed by atoms with E-state index in [1.165, 1.54) is 13.1 Å². The highest BCUT2D eigenvalue weighted by Gasteiger charge is 2.09. The van der Waals surface area contributed by atoms with Crippen LogP contribution in [0.1, 0.15) is 17.5 Å². The van der Waals surface area contributed by atoms with E-state index in [0.29, 0.717) is 15.2 Å².